The monoisotopic (exact) mass is 530 g/mol. The number of carbonyl (C=O) groups excluding carboxylic acids is 1. The summed E-state index contributed by atoms with van der Waals surface area (Å²) in [5.74, 6) is 0.161. The summed E-state index contributed by atoms with van der Waals surface area (Å²) in [7, 11) is 3.47. The van der Waals surface area contributed by atoms with Gasteiger partial charge >= 0.3 is 6.18 Å². The van der Waals surface area contributed by atoms with Gasteiger partial charge in [-0.25, -0.2) is 19.9 Å². The predicted octanol–water partition coefficient (Wildman–Crippen LogP) is 3.22. The normalized spacial score (nSPS) is 16.9. The molecule has 1 atom stereocenters. The molecule has 200 valence electrons. The minimum absolute atomic E-state index is 0.0354. The van der Waals surface area contributed by atoms with Crippen molar-refractivity contribution in [2.75, 3.05) is 42.4 Å². The Hall–Kier alpha value is -4.07. The molecule has 2 aliphatic rings. The fourth-order valence-corrected chi connectivity index (χ4v) is 4.43. The van der Waals surface area contributed by atoms with E-state index in [-0.39, 0.29) is 23.6 Å². The molecule has 14 heteroatoms. The molecule has 0 saturated heterocycles. The van der Waals surface area contributed by atoms with Gasteiger partial charge in [-0.3, -0.25) is 4.79 Å². The molecule has 2 aliphatic heterocycles. The topological polar surface area (TPSA) is 118 Å². The number of hydrogen-bond donors (Lipinski definition) is 1. The van der Waals surface area contributed by atoms with Gasteiger partial charge in [0.2, 0.25) is 23.6 Å². The van der Waals surface area contributed by atoms with E-state index >= 15 is 0 Å². The zero-order valence-corrected chi connectivity index (χ0v) is 20.7. The average molecular weight is 531 g/mol. The summed E-state index contributed by atoms with van der Waals surface area (Å²) in [4.78, 5) is 36.9. The largest absolute Gasteiger partial charge is 0.451 e. The highest BCUT2D eigenvalue weighted by molar-refractivity contribution is 6.05. The van der Waals surface area contributed by atoms with Crippen LogP contribution in [0.3, 0.4) is 0 Å². The van der Waals surface area contributed by atoms with Crippen LogP contribution in [-0.2, 0) is 28.7 Å². The van der Waals surface area contributed by atoms with E-state index in [2.05, 4.69) is 25.3 Å². The van der Waals surface area contributed by atoms with Gasteiger partial charge in [0.15, 0.2) is 11.6 Å². The molecule has 0 radical (unpaired) electrons. The lowest BCUT2D eigenvalue weighted by Gasteiger charge is -2.42. The van der Waals surface area contributed by atoms with E-state index < -0.39 is 12.0 Å². The molecular formula is C24H25F3N8O3. The van der Waals surface area contributed by atoms with Crippen molar-refractivity contribution in [3.63, 3.8) is 0 Å². The molecule has 5 heterocycles. The summed E-state index contributed by atoms with van der Waals surface area (Å²) in [6.45, 7) is 1.48. The number of ether oxygens (including phenoxy) is 2. The molecule has 0 saturated carbocycles. The number of likely N-dealkylation sites (N-methyl/N-ethyl adjacent to an activating group) is 1. The lowest BCUT2D eigenvalue weighted by atomic mass is 10.0. The Morgan fingerprint density at radius 1 is 1.13 bits per heavy atom. The molecule has 3 aromatic rings. The molecule has 1 N–H and O–H groups in total. The summed E-state index contributed by atoms with van der Waals surface area (Å²) in [5, 5.41) is 3.22. The number of rotatable bonds is 8. The number of nitrogens with one attached hydrogen (secondary N) is 1. The molecule has 11 nitrogen and oxygen atoms in total. The van der Waals surface area contributed by atoms with Crippen LogP contribution in [0, 0.1) is 0 Å². The molecule has 0 spiro atoms. The third-order valence-electron chi connectivity index (χ3n) is 6.30. The first-order chi connectivity index (χ1) is 18.2. The number of methoxy groups -OCH3 is 1. The highest BCUT2D eigenvalue weighted by Gasteiger charge is 2.40. The molecule has 0 aliphatic carbocycles. The van der Waals surface area contributed by atoms with Crippen LogP contribution in [0.15, 0.2) is 30.7 Å². The maximum atomic E-state index is 13.1. The van der Waals surface area contributed by atoms with Gasteiger partial charge in [-0.15, -0.1) is 0 Å². The fraction of sp³-hybridized carbons (Fsp3) is 0.417. The molecule has 3 aromatic heterocycles. The van der Waals surface area contributed by atoms with E-state index in [0.29, 0.717) is 37.9 Å². The van der Waals surface area contributed by atoms with E-state index in [0.717, 1.165) is 42.2 Å². The summed E-state index contributed by atoms with van der Waals surface area (Å²) < 4.78 is 48.5. The van der Waals surface area contributed by atoms with E-state index in [1.54, 1.807) is 30.3 Å². The van der Waals surface area contributed by atoms with Crippen LogP contribution in [0.2, 0.25) is 0 Å². The first-order valence-electron chi connectivity index (χ1n) is 11.9. The number of hydrogen-bond acceptors (Lipinski definition) is 10. The Morgan fingerprint density at radius 3 is 2.61 bits per heavy atom. The van der Waals surface area contributed by atoms with Gasteiger partial charge in [-0.1, -0.05) is 6.07 Å². The van der Waals surface area contributed by atoms with E-state index in [1.807, 2.05) is 11.9 Å². The van der Waals surface area contributed by atoms with Crippen molar-refractivity contribution in [3.05, 3.63) is 47.8 Å². The lowest BCUT2D eigenvalue weighted by molar-refractivity contribution is -0.145. The number of aryl methyl sites for hydroxylation is 1. The number of aromatic nitrogens is 5. The molecule has 1 unspecified atom stereocenters. The van der Waals surface area contributed by atoms with Gasteiger partial charge in [0.1, 0.15) is 11.7 Å². The van der Waals surface area contributed by atoms with Crippen molar-refractivity contribution in [2.45, 2.75) is 38.0 Å². The Morgan fingerprint density at radius 2 is 1.92 bits per heavy atom. The van der Waals surface area contributed by atoms with Crippen molar-refractivity contribution < 1.29 is 27.4 Å². The predicted molar refractivity (Wildman–Crippen MR) is 130 cm³/mol. The zero-order valence-electron chi connectivity index (χ0n) is 20.7. The Labute approximate surface area is 216 Å². The second kappa shape index (κ2) is 10.4. The first kappa shape index (κ1) is 25.6. The average Bonchev–Trinajstić information content (AvgIpc) is 2.91. The highest BCUT2D eigenvalue weighted by atomic mass is 19.4. The molecule has 0 fully saturated rings. The van der Waals surface area contributed by atoms with Gasteiger partial charge in [0.25, 0.3) is 0 Å². The van der Waals surface area contributed by atoms with Gasteiger partial charge in [0.05, 0.1) is 18.1 Å². The van der Waals surface area contributed by atoms with Gasteiger partial charge in [0, 0.05) is 52.5 Å². The molecule has 0 aromatic carbocycles. The maximum Gasteiger partial charge on any atom is 0.451 e. The molecule has 0 bridgehead atoms. The Kier molecular flexibility index (Phi) is 6.97. The third kappa shape index (κ3) is 5.16. The summed E-state index contributed by atoms with van der Waals surface area (Å²) in [5.41, 5.74) is 2.41. The standard InChI is InChI=1S/C24H25F3N8O3/c1-34-17(7-9-37-2)21(36)35-8-3-4-16-19(35)20(34)33-23(32-16)31-11-14-5-6-18(28-10-14)38-15-12-29-22(30-13-15)24(25,26)27/h5-6,10,12-13,17H,3-4,7-9,11H2,1-2H3,(H,31,32,33). The molecular weight excluding hydrogens is 505 g/mol. The number of nitrogens with zero attached hydrogens (tertiary/aromatic N) is 7. The zero-order chi connectivity index (χ0) is 26.9. The molecule has 5 rings (SSSR count). The van der Waals surface area contributed by atoms with Crippen LogP contribution >= 0.6 is 0 Å². The summed E-state index contributed by atoms with van der Waals surface area (Å²) >= 11 is 0. The van der Waals surface area contributed by atoms with Crippen LogP contribution in [0.5, 0.6) is 11.6 Å². The van der Waals surface area contributed by atoms with Crippen molar-refractivity contribution in [1.29, 1.82) is 0 Å². The SMILES string of the molecule is COCCC1C(=O)N2CCCc3nc(NCc4ccc(Oc5cnc(C(F)(F)F)nc5)nc4)nc(c32)N1C. The summed E-state index contributed by atoms with van der Waals surface area (Å²) in [6.07, 6.45) is 0.969. The first-order valence-corrected chi connectivity index (χ1v) is 11.9. The van der Waals surface area contributed by atoms with Crippen molar-refractivity contribution >= 4 is 23.4 Å². The minimum Gasteiger partial charge on any atom is -0.436 e. The van der Waals surface area contributed by atoms with Crippen LogP contribution in [-0.4, -0.2) is 64.2 Å². The number of alkyl halides is 3. The number of halogens is 3. The number of amides is 1. The van der Waals surface area contributed by atoms with E-state index in [4.69, 9.17) is 14.5 Å². The van der Waals surface area contributed by atoms with Crippen LogP contribution < -0.4 is 19.9 Å². The lowest BCUT2D eigenvalue weighted by Crippen LogP contribution is -2.54. The number of pyridine rings is 1. The number of carbonyl (C=O) groups is 1. The third-order valence-corrected chi connectivity index (χ3v) is 6.30. The van der Waals surface area contributed by atoms with Crippen molar-refractivity contribution in [3.8, 4) is 11.6 Å². The van der Waals surface area contributed by atoms with E-state index in [1.165, 1.54) is 0 Å². The quantitative estimate of drug-likeness (QED) is 0.465. The van der Waals surface area contributed by atoms with Gasteiger partial charge in [-0.2, -0.15) is 18.2 Å². The molecule has 1 amide bonds. The maximum absolute atomic E-state index is 13.1. The second-order valence-electron chi connectivity index (χ2n) is 8.87. The van der Waals surface area contributed by atoms with Crippen molar-refractivity contribution in [1.82, 2.24) is 24.9 Å². The Balaban J connectivity index is 1.27. The van der Waals surface area contributed by atoms with Crippen LogP contribution in [0.1, 0.15) is 29.9 Å². The smallest absolute Gasteiger partial charge is 0.436 e. The Bertz CT molecular complexity index is 1310. The summed E-state index contributed by atoms with van der Waals surface area (Å²) in [6, 6.07) is 2.99. The van der Waals surface area contributed by atoms with Gasteiger partial charge < -0.3 is 24.6 Å². The van der Waals surface area contributed by atoms with Gasteiger partial charge in [-0.05, 0) is 18.4 Å². The highest BCUT2D eigenvalue weighted by Crippen LogP contribution is 2.40. The second-order valence-corrected chi connectivity index (χ2v) is 8.87. The number of anilines is 3. The molecule has 38 heavy (non-hydrogen) atoms. The van der Waals surface area contributed by atoms with E-state index in [9.17, 15) is 18.0 Å². The van der Waals surface area contributed by atoms with Crippen LogP contribution in [0.4, 0.5) is 30.6 Å². The minimum atomic E-state index is -4.62. The van der Waals surface area contributed by atoms with Crippen LogP contribution in [0.25, 0.3) is 0 Å². The fourth-order valence-electron chi connectivity index (χ4n) is 4.43. The van der Waals surface area contributed by atoms with Crippen molar-refractivity contribution in [2.24, 2.45) is 0 Å².